The smallest absolute Gasteiger partial charge is 0.358 e. The highest BCUT2D eigenvalue weighted by atomic mass is 32.2. The SMILES string of the molecule is CCSCCCn1nnc(C(=O)O)c1C(C)(C)C. The zero-order chi connectivity index (χ0) is 13.8. The average molecular weight is 271 g/mol. The minimum atomic E-state index is -1.01. The van der Waals surface area contributed by atoms with Gasteiger partial charge in [0.25, 0.3) is 0 Å². The molecule has 0 bridgehead atoms. The van der Waals surface area contributed by atoms with Crippen LogP contribution in [0, 0.1) is 0 Å². The monoisotopic (exact) mass is 271 g/mol. The van der Waals surface area contributed by atoms with Crippen LogP contribution in [-0.2, 0) is 12.0 Å². The molecule has 0 fully saturated rings. The van der Waals surface area contributed by atoms with Gasteiger partial charge in [-0.25, -0.2) is 9.48 Å². The standard InChI is InChI=1S/C12H21N3O2S/c1-5-18-8-6-7-15-10(12(2,3)4)9(11(16)17)13-14-15/h5-8H2,1-4H3,(H,16,17). The molecule has 0 amide bonds. The van der Waals surface area contributed by atoms with Gasteiger partial charge >= 0.3 is 5.97 Å². The molecule has 1 aromatic rings. The maximum atomic E-state index is 11.1. The molecule has 0 unspecified atom stereocenters. The quantitative estimate of drug-likeness (QED) is 0.805. The van der Waals surface area contributed by atoms with E-state index in [0.717, 1.165) is 24.5 Å². The molecule has 0 aliphatic heterocycles. The van der Waals surface area contributed by atoms with E-state index in [9.17, 15) is 4.79 Å². The Morgan fingerprint density at radius 1 is 1.44 bits per heavy atom. The number of hydrogen-bond donors (Lipinski definition) is 1. The van der Waals surface area contributed by atoms with Crippen LogP contribution in [0.25, 0.3) is 0 Å². The Labute approximate surface area is 112 Å². The number of carboxylic acid groups (broad SMARTS) is 1. The van der Waals surface area contributed by atoms with E-state index in [4.69, 9.17) is 5.11 Å². The molecule has 0 aliphatic rings. The van der Waals surface area contributed by atoms with E-state index in [0.29, 0.717) is 5.69 Å². The van der Waals surface area contributed by atoms with E-state index in [1.54, 1.807) is 4.68 Å². The van der Waals surface area contributed by atoms with Crippen LogP contribution in [0.15, 0.2) is 0 Å². The number of thioether (sulfide) groups is 1. The van der Waals surface area contributed by atoms with E-state index in [2.05, 4.69) is 17.2 Å². The summed E-state index contributed by atoms with van der Waals surface area (Å²) in [5, 5.41) is 16.9. The van der Waals surface area contributed by atoms with Crippen LogP contribution in [-0.4, -0.2) is 37.6 Å². The number of aryl methyl sites for hydroxylation is 1. The van der Waals surface area contributed by atoms with Crippen molar-refractivity contribution in [3.05, 3.63) is 11.4 Å². The molecule has 0 aliphatic carbocycles. The Kier molecular flexibility index (Phi) is 5.19. The topological polar surface area (TPSA) is 68.0 Å². The largest absolute Gasteiger partial charge is 0.476 e. The lowest BCUT2D eigenvalue weighted by molar-refractivity contribution is 0.0687. The molecule has 1 heterocycles. The number of carboxylic acids is 1. The van der Waals surface area contributed by atoms with Crippen LogP contribution < -0.4 is 0 Å². The Bertz CT molecular complexity index is 410. The van der Waals surface area contributed by atoms with Gasteiger partial charge < -0.3 is 5.11 Å². The van der Waals surface area contributed by atoms with E-state index >= 15 is 0 Å². The van der Waals surface area contributed by atoms with Crippen LogP contribution in [0.3, 0.4) is 0 Å². The molecule has 102 valence electrons. The van der Waals surface area contributed by atoms with Crippen LogP contribution in [0.1, 0.15) is 50.3 Å². The summed E-state index contributed by atoms with van der Waals surface area (Å²) in [7, 11) is 0. The predicted molar refractivity (Wildman–Crippen MR) is 73.3 cm³/mol. The van der Waals surface area contributed by atoms with Crippen molar-refractivity contribution in [1.29, 1.82) is 0 Å². The third-order valence-corrected chi connectivity index (χ3v) is 3.50. The van der Waals surface area contributed by atoms with Crippen LogP contribution in [0.2, 0.25) is 0 Å². The van der Waals surface area contributed by atoms with Gasteiger partial charge in [0.1, 0.15) is 0 Å². The summed E-state index contributed by atoms with van der Waals surface area (Å²) < 4.78 is 1.74. The highest BCUT2D eigenvalue weighted by Crippen LogP contribution is 2.25. The Hall–Kier alpha value is -1.04. The highest BCUT2D eigenvalue weighted by Gasteiger charge is 2.28. The summed E-state index contributed by atoms with van der Waals surface area (Å²) in [5.74, 6) is 1.15. The van der Waals surface area contributed by atoms with Gasteiger partial charge in [-0.1, -0.05) is 32.9 Å². The van der Waals surface area contributed by atoms with Gasteiger partial charge in [-0.15, -0.1) is 5.10 Å². The maximum Gasteiger partial charge on any atom is 0.358 e. The minimum absolute atomic E-state index is 0.0747. The Morgan fingerprint density at radius 2 is 2.11 bits per heavy atom. The summed E-state index contributed by atoms with van der Waals surface area (Å²) in [6, 6.07) is 0. The predicted octanol–water partition coefficient (Wildman–Crippen LogP) is 2.42. The van der Waals surface area contributed by atoms with Gasteiger partial charge in [0, 0.05) is 12.0 Å². The van der Waals surface area contributed by atoms with E-state index in [1.807, 2.05) is 32.5 Å². The first-order valence-electron chi connectivity index (χ1n) is 6.13. The fraction of sp³-hybridized carbons (Fsp3) is 0.750. The van der Waals surface area contributed by atoms with Crippen molar-refractivity contribution in [3.8, 4) is 0 Å². The molecular formula is C12H21N3O2S. The maximum absolute atomic E-state index is 11.1. The summed E-state index contributed by atoms with van der Waals surface area (Å²) in [6.07, 6.45) is 0.976. The molecule has 0 aromatic carbocycles. The second-order valence-corrected chi connectivity index (χ2v) is 6.51. The molecule has 0 spiro atoms. The molecule has 6 heteroatoms. The molecule has 18 heavy (non-hydrogen) atoms. The van der Waals surface area contributed by atoms with E-state index in [-0.39, 0.29) is 11.1 Å². The minimum Gasteiger partial charge on any atom is -0.476 e. The normalized spacial score (nSPS) is 11.8. The van der Waals surface area contributed by atoms with Crippen molar-refractivity contribution in [2.45, 2.75) is 46.1 Å². The first-order chi connectivity index (χ1) is 8.38. The lowest BCUT2D eigenvalue weighted by Gasteiger charge is -2.20. The van der Waals surface area contributed by atoms with Crippen molar-refractivity contribution in [3.63, 3.8) is 0 Å². The zero-order valence-electron chi connectivity index (χ0n) is 11.4. The molecule has 5 nitrogen and oxygen atoms in total. The fourth-order valence-electron chi connectivity index (χ4n) is 1.82. The van der Waals surface area contributed by atoms with Gasteiger partial charge in [-0.2, -0.15) is 11.8 Å². The van der Waals surface area contributed by atoms with Gasteiger partial charge in [-0.3, -0.25) is 0 Å². The zero-order valence-corrected chi connectivity index (χ0v) is 12.3. The number of hydrogen-bond acceptors (Lipinski definition) is 4. The van der Waals surface area contributed by atoms with Crippen LogP contribution in [0.4, 0.5) is 0 Å². The van der Waals surface area contributed by atoms with E-state index in [1.165, 1.54) is 0 Å². The van der Waals surface area contributed by atoms with Crippen molar-refractivity contribution >= 4 is 17.7 Å². The molecule has 0 saturated carbocycles. The van der Waals surface area contributed by atoms with E-state index < -0.39 is 5.97 Å². The van der Waals surface area contributed by atoms with Crippen molar-refractivity contribution in [1.82, 2.24) is 15.0 Å². The second kappa shape index (κ2) is 6.22. The van der Waals surface area contributed by atoms with Crippen molar-refractivity contribution in [2.75, 3.05) is 11.5 Å². The second-order valence-electron chi connectivity index (χ2n) is 5.12. The van der Waals surface area contributed by atoms with Gasteiger partial charge in [0.05, 0.1) is 5.69 Å². The van der Waals surface area contributed by atoms with Crippen LogP contribution in [0.5, 0.6) is 0 Å². The number of nitrogens with zero attached hydrogens (tertiary/aromatic N) is 3. The average Bonchev–Trinajstić information content (AvgIpc) is 2.68. The lowest BCUT2D eigenvalue weighted by Crippen LogP contribution is -2.22. The number of aromatic nitrogens is 3. The van der Waals surface area contributed by atoms with Crippen LogP contribution >= 0.6 is 11.8 Å². The summed E-state index contributed by atoms with van der Waals surface area (Å²) in [4.78, 5) is 11.1. The fourth-order valence-corrected chi connectivity index (χ4v) is 2.44. The molecule has 0 atom stereocenters. The first-order valence-corrected chi connectivity index (χ1v) is 7.28. The highest BCUT2D eigenvalue weighted by molar-refractivity contribution is 7.99. The van der Waals surface area contributed by atoms with Crippen molar-refractivity contribution < 1.29 is 9.90 Å². The summed E-state index contributed by atoms with van der Waals surface area (Å²) in [6.45, 7) is 8.80. The summed E-state index contributed by atoms with van der Waals surface area (Å²) in [5.41, 5.74) is 0.511. The Morgan fingerprint density at radius 3 is 2.61 bits per heavy atom. The van der Waals surface area contributed by atoms with Crippen molar-refractivity contribution in [2.24, 2.45) is 0 Å². The molecule has 1 aromatic heterocycles. The first kappa shape index (κ1) is 15.0. The lowest BCUT2D eigenvalue weighted by atomic mass is 9.90. The molecule has 1 rings (SSSR count). The molecule has 1 N–H and O–H groups in total. The summed E-state index contributed by atoms with van der Waals surface area (Å²) >= 11 is 1.88. The molecule has 0 saturated heterocycles. The number of rotatable bonds is 6. The van der Waals surface area contributed by atoms with Gasteiger partial charge in [-0.05, 0) is 17.9 Å². The number of carbonyl (C=O) groups is 1. The third kappa shape index (κ3) is 3.73. The van der Waals surface area contributed by atoms with Gasteiger partial charge in [0.2, 0.25) is 0 Å². The molecular weight excluding hydrogens is 250 g/mol. The number of aromatic carboxylic acids is 1. The molecule has 0 radical (unpaired) electrons. The Balaban J connectivity index is 2.88. The third-order valence-electron chi connectivity index (χ3n) is 2.51. The van der Waals surface area contributed by atoms with Gasteiger partial charge in [0.15, 0.2) is 5.69 Å².